The lowest BCUT2D eigenvalue weighted by Crippen LogP contribution is -2.01. The predicted molar refractivity (Wildman–Crippen MR) is 439 cm³/mol. The number of nitrogens with zero attached hydrogens (tertiary/aromatic N) is 12. The summed E-state index contributed by atoms with van der Waals surface area (Å²) in [6, 6.07) is 25.4. The molecular weight excluding hydrogens is 1320 g/mol. The third-order valence-electron chi connectivity index (χ3n) is 24.1. The fraction of sp³-hybridized carbons (Fsp3) is 0.375. The maximum Gasteiger partial charge on any atom is 0.102 e. The zero-order valence-electron chi connectivity index (χ0n) is 71.4. The molecular formula is C96H108N12. The molecule has 0 saturated heterocycles. The van der Waals surface area contributed by atoms with E-state index in [-0.39, 0.29) is 5.56 Å². The first-order valence-corrected chi connectivity index (χ1v) is 35.7. The Morgan fingerprint density at radius 3 is 0.250 bits per heavy atom. The van der Waals surface area contributed by atoms with Crippen LogP contribution in [0.25, 0.3) is 0 Å². The number of benzene rings is 8. The van der Waals surface area contributed by atoms with Gasteiger partial charge in [-0.3, -0.25) is 0 Å². The highest BCUT2D eigenvalue weighted by molar-refractivity contribution is 5.66. The van der Waals surface area contributed by atoms with E-state index in [2.05, 4.69) is 158 Å². The van der Waals surface area contributed by atoms with Crippen LogP contribution in [-0.4, -0.2) is 0 Å². The molecule has 0 unspecified atom stereocenters. The molecule has 0 aromatic heterocycles. The largest absolute Gasteiger partial charge is 0.192 e. The summed E-state index contributed by atoms with van der Waals surface area (Å²) in [5.41, 5.74) is 48.1. The van der Waals surface area contributed by atoms with Crippen molar-refractivity contribution in [3.05, 3.63) is 267 Å². The van der Waals surface area contributed by atoms with Crippen LogP contribution in [-0.2, 0) is 0 Å². The van der Waals surface area contributed by atoms with Crippen molar-refractivity contribution >= 4 is 0 Å². The lowest BCUT2D eigenvalue weighted by Gasteiger charge is -2.15. The van der Waals surface area contributed by atoms with Gasteiger partial charge in [0.05, 0.1) is 97.1 Å². The van der Waals surface area contributed by atoms with Gasteiger partial charge in [-0.25, -0.2) is 0 Å². The molecule has 0 amide bonds. The molecule has 0 heterocycles. The number of rotatable bonds is 0. The van der Waals surface area contributed by atoms with E-state index in [1.165, 1.54) is 83.5 Å². The third-order valence-corrected chi connectivity index (χ3v) is 24.1. The van der Waals surface area contributed by atoms with Crippen LogP contribution in [0.2, 0.25) is 0 Å². The average molecular weight is 1430 g/mol. The summed E-state index contributed by atoms with van der Waals surface area (Å²) in [5.74, 6) is 0. The molecule has 8 rings (SSSR count). The van der Waals surface area contributed by atoms with Gasteiger partial charge in [-0.15, -0.1) is 0 Å². The summed E-state index contributed by atoms with van der Waals surface area (Å²) in [4.78, 5) is 0. The second kappa shape index (κ2) is 40.2. The molecule has 0 fully saturated rings. The van der Waals surface area contributed by atoms with Crippen molar-refractivity contribution in [3.63, 3.8) is 0 Å². The summed E-state index contributed by atoms with van der Waals surface area (Å²) in [5, 5.41) is 108. The Labute approximate surface area is 648 Å². The smallest absolute Gasteiger partial charge is 0.102 e. The standard InChI is InChI=1S/C12H9N3.3C12H12N2.3C12H15N.C12H18/c1-7-8(2)10(4-13)12(6-15)11(5-14)9(7)3;1-7-8(2)11(5-13)10(4)12(6-14)9(7)3;2*1-7-8(2)10(4)12(6-14)11(5-13)9(7)3;3*1-7-8(2)10(4)12(6-13)11(5)9(7)3;1-7-8(2)10(4)12(6)11(5)9(7)3/h1-3H3;3*1-4H3;3*1-5H3;1-6H3. The lowest BCUT2D eigenvalue weighted by atomic mass is 9.90. The van der Waals surface area contributed by atoms with E-state index in [9.17, 15) is 0 Å². The molecule has 12 heteroatoms. The topological polar surface area (TPSA) is 285 Å². The maximum absolute atomic E-state index is 8.99. The minimum Gasteiger partial charge on any atom is -0.192 e. The molecule has 12 nitrogen and oxygen atoms in total. The Hall–Kier alpha value is -12.4. The number of hydrogen-bond donors (Lipinski definition) is 0. The molecule has 0 radical (unpaired) electrons. The average Bonchev–Trinajstić information content (AvgIpc) is 0.796. The van der Waals surface area contributed by atoms with Crippen molar-refractivity contribution in [2.24, 2.45) is 0 Å². The van der Waals surface area contributed by atoms with E-state index in [1.54, 1.807) is 13.8 Å². The molecule has 8 aromatic carbocycles. The summed E-state index contributed by atoms with van der Waals surface area (Å²) in [6.07, 6.45) is 0. The molecule has 0 saturated carbocycles. The van der Waals surface area contributed by atoms with Gasteiger partial charge in [-0.1, -0.05) is 0 Å². The Balaban J connectivity index is 0.000000618. The Bertz CT molecular complexity index is 4870. The summed E-state index contributed by atoms with van der Waals surface area (Å²) in [6.45, 7) is 72.8. The van der Waals surface area contributed by atoms with Gasteiger partial charge in [-0.05, 0) is 450 Å². The molecule has 0 N–H and O–H groups in total. The molecule has 0 aliphatic heterocycles. The van der Waals surface area contributed by atoms with Crippen LogP contribution in [0.4, 0.5) is 0 Å². The van der Waals surface area contributed by atoms with Crippen LogP contribution in [0.1, 0.15) is 267 Å². The second-order valence-electron chi connectivity index (χ2n) is 28.3. The Kier molecular flexibility index (Phi) is 34.9. The minimum atomic E-state index is 0.195. The van der Waals surface area contributed by atoms with Crippen molar-refractivity contribution in [3.8, 4) is 72.8 Å². The molecule has 552 valence electrons. The highest BCUT2D eigenvalue weighted by Gasteiger charge is 2.20. The third kappa shape index (κ3) is 19.4. The van der Waals surface area contributed by atoms with Crippen LogP contribution >= 0.6 is 0 Å². The molecule has 0 atom stereocenters. The van der Waals surface area contributed by atoms with Crippen molar-refractivity contribution in [1.82, 2.24) is 0 Å². The first kappa shape index (κ1) is 93.7. The van der Waals surface area contributed by atoms with Gasteiger partial charge in [0, 0.05) is 0 Å². The summed E-state index contributed by atoms with van der Waals surface area (Å²) < 4.78 is 0. The monoisotopic (exact) mass is 1430 g/mol. The van der Waals surface area contributed by atoms with E-state index in [0.717, 1.165) is 134 Å². The van der Waals surface area contributed by atoms with Crippen LogP contribution in [0.5, 0.6) is 0 Å². The van der Waals surface area contributed by atoms with E-state index in [1.807, 2.05) is 150 Å². The Morgan fingerprint density at radius 2 is 0.148 bits per heavy atom. The van der Waals surface area contributed by atoms with Gasteiger partial charge < -0.3 is 0 Å². The highest BCUT2D eigenvalue weighted by Crippen LogP contribution is 2.32. The SMILES string of the molecule is Cc1c(C)c(C#N)c(C#N)c(C#N)c1C.Cc1c(C)c(C#N)c(C)c(C#N)c1C.Cc1c(C)c(C)c(C#N)c(C#N)c1C.Cc1c(C)c(C)c(C#N)c(C#N)c1C.Cc1c(C)c(C)c(C#N)c(C)c1C.Cc1c(C)c(C)c(C#N)c(C)c1C.Cc1c(C)c(C)c(C#N)c(C)c1C.Cc1c(C)c(C)c(C)c(C)c1C. The molecule has 0 aliphatic rings. The molecule has 8 aromatic rings. The summed E-state index contributed by atoms with van der Waals surface area (Å²) in [7, 11) is 0. The van der Waals surface area contributed by atoms with Crippen LogP contribution in [0, 0.1) is 385 Å². The second-order valence-corrected chi connectivity index (χ2v) is 28.3. The zero-order valence-corrected chi connectivity index (χ0v) is 71.4. The van der Waals surface area contributed by atoms with Crippen molar-refractivity contribution in [1.29, 1.82) is 63.1 Å². The van der Waals surface area contributed by atoms with E-state index in [0.29, 0.717) is 44.5 Å². The van der Waals surface area contributed by atoms with Gasteiger partial charge in [-0.2, -0.15) is 63.1 Å². The van der Waals surface area contributed by atoms with Crippen molar-refractivity contribution < 1.29 is 0 Å². The first-order valence-electron chi connectivity index (χ1n) is 35.7. The quantitative estimate of drug-likeness (QED) is 0.137. The highest BCUT2D eigenvalue weighted by atomic mass is 14.4. The predicted octanol–water partition coefficient (Wildman–Crippen LogP) is 23.1. The molecule has 0 bridgehead atoms. The van der Waals surface area contributed by atoms with Crippen molar-refractivity contribution in [2.75, 3.05) is 0 Å². The normalized spacial score (nSPS) is 9.56. The number of nitriles is 12. The summed E-state index contributed by atoms with van der Waals surface area (Å²) >= 11 is 0. The van der Waals surface area contributed by atoms with Gasteiger partial charge in [0.2, 0.25) is 0 Å². The van der Waals surface area contributed by atoms with Crippen molar-refractivity contribution in [2.45, 2.75) is 249 Å². The van der Waals surface area contributed by atoms with Gasteiger partial charge in [0.15, 0.2) is 0 Å². The van der Waals surface area contributed by atoms with E-state index >= 15 is 0 Å². The van der Waals surface area contributed by atoms with Crippen LogP contribution in [0.15, 0.2) is 0 Å². The minimum absolute atomic E-state index is 0.195. The van der Waals surface area contributed by atoms with E-state index < -0.39 is 0 Å². The first-order chi connectivity index (χ1) is 50.2. The fourth-order valence-electron chi connectivity index (χ4n) is 13.1. The van der Waals surface area contributed by atoms with Crippen LogP contribution in [0.3, 0.4) is 0 Å². The molecule has 108 heavy (non-hydrogen) atoms. The molecule has 0 aliphatic carbocycles. The van der Waals surface area contributed by atoms with E-state index in [4.69, 9.17) is 63.1 Å². The van der Waals surface area contributed by atoms with Gasteiger partial charge in [0.25, 0.3) is 0 Å². The van der Waals surface area contributed by atoms with Gasteiger partial charge >= 0.3 is 0 Å². The fourth-order valence-corrected chi connectivity index (χ4v) is 13.1. The zero-order chi connectivity index (χ0) is 84.2. The lowest BCUT2D eigenvalue weighted by molar-refractivity contribution is 1.13. The van der Waals surface area contributed by atoms with Crippen LogP contribution < -0.4 is 0 Å². The van der Waals surface area contributed by atoms with Gasteiger partial charge in [0.1, 0.15) is 42.5 Å². The number of hydrogen-bond acceptors (Lipinski definition) is 12. The molecule has 0 spiro atoms. The Morgan fingerprint density at radius 1 is 0.0833 bits per heavy atom. The maximum atomic E-state index is 8.99.